The minimum absolute atomic E-state index is 0.636. The van der Waals surface area contributed by atoms with Crippen LogP contribution in [0.4, 0.5) is 17.1 Å². The third kappa shape index (κ3) is 6.15. The molecule has 56 heavy (non-hydrogen) atoms. The Morgan fingerprint density at radius 1 is 0.357 bits per heavy atom. The van der Waals surface area contributed by atoms with Gasteiger partial charge in [-0.25, -0.2) is 19.9 Å². The van der Waals surface area contributed by atoms with E-state index in [1.54, 1.807) is 0 Å². The second-order valence-electron chi connectivity index (χ2n) is 13.6. The van der Waals surface area contributed by atoms with Crippen LogP contribution in [0.1, 0.15) is 0 Å². The first-order valence-corrected chi connectivity index (χ1v) is 18.6. The van der Waals surface area contributed by atoms with Gasteiger partial charge < -0.3 is 4.90 Å². The van der Waals surface area contributed by atoms with Crippen LogP contribution < -0.4 is 4.90 Å². The number of nitrogens with zero attached hydrogens (tertiary/aromatic N) is 6. The van der Waals surface area contributed by atoms with Crippen LogP contribution in [0.15, 0.2) is 206 Å². The molecule has 0 saturated carbocycles. The van der Waals surface area contributed by atoms with Crippen molar-refractivity contribution >= 4 is 39.0 Å². The van der Waals surface area contributed by atoms with Crippen molar-refractivity contribution < 1.29 is 0 Å². The van der Waals surface area contributed by atoms with Crippen LogP contribution >= 0.6 is 0 Å². The quantitative estimate of drug-likeness (QED) is 0.157. The first-order chi connectivity index (χ1) is 27.8. The summed E-state index contributed by atoms with van der Waals surface area (Å²) in [5, 5.41) is 2.25. The topological polar surface area (TPSA) is 59.7 Å². The summed E-state index contributed by atoms with van der Waals surface area (Å²) in [7, 11) is 0. The van der Waals surface area contributed by atoms with Gasteiger partial charge in [0.1, 0.15) is 5.65 Å². The molecule has 0 bridgehead atoms. The van der Waals surface area contributed by atoms with Crippen LogP contribution in [0.2, 0.25) is 0 Å². The lowest BCUT2D eigenvalue weighted by molar-refractivity contribution is 1.07. The van der Waals surface area contributed by atoms with E-state index >= 15 is 0 Å². The van der Waals surface area contributed by atoms with Crippen molar-refractivity contribution in [1.82, 2.24) is 24.5 Å². The van der Waals surface area contributed by atoms with E-state index in [1.165, 1.54) is 0 Å². The first kappa shape index (κ1) is 32.9. The largest absolute Gasteiger partial charge is 0.310 e. The summed E-state index contributed by atoms with van der Waals surface area (Å²) in [6.07, 6.45) is 1.87. The fraction of sp³-hybridized carbons (Fsp3) is 0. The Kier molecular flexibility index (Phi) is 8.39. The predicted molar refractivity (Wildman–Crippen MR) is 228 cm³/mol. The van der Waals surface area contributed by atoms with Crippen LogP contribution in [0, 0.1) is 0 Å². The van der Waals surface area contributed by atoms with E-state index in [1.807, 2.05) is 72.9 Å². The molecule has 0 N–H and O–H groups in total. The number of hydrogen-bond acceptors (Lipinski definition) is 5. The maximum absolute atomic E-state index is 4.90. The van der Waals surface area contributed by atoms with Gasteiger partial charge in [-0.2, -0.15) is 0 Å². The Morgan fingerprint density at radius 2 is 0.821 bits per heavy atom. The molecule has 0 amide bonds. The number of benzene rings is 7. The van der Waals surface area contributed by atoms with Crippen molar-refractivity contribution in [3.63, 3.8) is 0 Å². The molecule has 264 valence electrons. The maximum Gasteiger partial charge on any atom is 0.164 e. The molecule has 0 unspecified atom stereocenters. The average molecular weight is 719 g/mol. The standard InChI is InChI=1S/C50H34N6/c1-5-14-37(15-6-1)47-52-48(38-16-7-2-8-17-38)54-49(53-47)39-25-23-35(24-26-39)36-27-29-42(30-28-36)56-46-32-31-43(34-45(46)44-22-13-33-51-50(44)56)55(40-18-9-3-10-19-40)41-20-11-4-12-21-41/h1-34H. The van der Waals surface area contributed by atoms with Gasteiger partial charge in [0, 0.05) is 56.4 Å². The summed E-state index contributed by atoms with van der Waals surface area (Å²) in [4.78, 5) is 21.8. The molecule has 7 aromatic carbocycles. The van der Waals surface area contributed by atoms with Crippen molar-refractivity contribution in [2.24, 2.45) is 0 Å². The van der Waals surface area contributed by atoms with E-state index in [4.69, 9.17) is 19.9 Å². The SMILES string of the molecule is c1ccc(-c2nc(-c3ccccc3)nc(-c3ccc(-c4ccc(-n5c6ccc(N(c7ccccc7)c7ccccc7)cc6c6cccnc65)cc4)cc3)n2)cc1. The summed E-state index contributed by atoms with van der Waals surface area (Å²) in [6.45, 7) is 0. The van der Waals surface area contributed by atoms with Crippen LogP contribution in [-0.4, -0.2) is 24.5 Å². The van der Waals surface area contributed by atoms with Crippen molar-refractivity contribution in [3.05, 3.63) is 206 Å². The van der Waals surface area contributed by atoms with Crippen molar-refractivity contribution in [2.75, 3.05) is 4.90 Å². The summed E-state index contributed by atoms with van der Waals surface area (Å²) in [5.41, 5.74) is 11.4. The zero-order chi connectivity index (χ0) is 37.3. The zero-order valence-corrected chi connectivity index (χ0v) is 30.3. The molecule has 0 spiro atoms. The molecule has 3 heterocycles. The highest BCUT2D eigenvalue weighted by Crippen LogP contribution is 2.39. The zero-order valence-electron chi connectivity index (χ0n) is 30.3. The van der Waals surface area contributed by atoms with Crippen LogP contribution in [0.3, 0.4) is 0 Å². The molecular formula is C50H34N6. The van der Waals surface area contributed by atoms with Gasteiger partial charge in [-0.3, -0.25) is 4.57 Å². The Hall–Kier alpha value is -7.70. The Bertz CT molecular complexity index is 2830. The predicted octanol–water partition coefficient (Wildman–Crippen LogP) is 12.5. The molecule has 0 atom stereocenters. The Morgan fingerprint density at radius 3 is 1.36 bits per heavy atom. The molecule has 0 aliphatic rings. The summed E-state index contributed by atoms with van der Waals surface area (Å²) in [5.74, 6) is 1.93. The number of anilines is 3. The monoisotopic (exact) mass is 718 g/mol. The average Bonchev–Trinajstić information content (AvgIpc) is 3.61. The van der Waals surface area contributed by atoms with Crippen LogP contribution in [0.5, 0.6) is 0 Å². The lowest BCUT2D eigenvalue weighted by Crippen LogP contribution is -2.09. The lowest BCUT2D eigenvalue weighted by atomic mass is 10.0. The number of rotatable bonds is 8. The Labute approximate surface area is 324 Å². The van der Waals surface area contributed by atoms with Crippen molar-refractivity contribution in [2.45, 2.75) is 0 Å². The van der Waals surface area contributed by atoms with Crippen LogP contribution in [-0.2, 0) is 0 Å². The highest BCUT2D eigenvalue weighted by atomic mass is 15.1. The molecule has 0 radical (unpaired) electrons. The summed E-state index contributed by atoms with van der Waals surface area (Å²) < 4.78 is 2.26. The first-order valence-electron chi connectivity index (χ1n) is 18.6. The number of hydrogen-bond donors (Lipinski definition) is 0. The van der Waals surface area contributed by atoms with Gasteiger partial charge in [-0.1, -0.05) is 133 Å². The van der Waals surface area contributed by atoms with Crippen molar-refractivity contribution in [1.29, 1.82) is 0 Å². The molecule has 10 aromatic rings. The van der Waals surface area contributed by atoms with E-state index < -0.39 is 0 Å². The van der Waals surface area contributed by atoms with Gasteiger partial charge in [0.2, 0.25) is 0 Å². The highest BCUT2D eigenvalue weighted by Gasteiger charge is 2.18. The minimum Gasteiger partial charge on any atom is -0.310 e. The van der Waals surface area contributed by atoms with Crippen LogP contribution in [0.25, 0.3) is 72.9 Å². The van der Waals surface area contributed by atoms with E-state index in [0.717, 1.165) is 72.5 Å². The smallest absolute Gasteiger partial charge is 0.164 e. The summed E-state index contributed by atoms with van der Waals surface area (Å²) >= 11 is 0. The minimum atomic E-state index is 0.636. The molecule has 0 aliphatic heterocycles. The van der Waals surface area contributed by atoms with Gasteiger partial charge in [0.25, 0.3) is 0 Å². The lowest BCUT2D eigenvalue weighted by Gasteiger charge is -2.25. The van der Waals surface area contributed by atoms with Gasteiger partial charge >= 0.3 is 0 Å². The molecule has 0 saturated heterocycles. The molecule has 3 aromatic heterocycles. The molecule has 0 aliphatic carbocycles. The molecule has 0 fully saturated rings. The third-order valence-corrected chi connectivity index (χ3v) is 10.1. The third-order valence-electron chi connectivity index (χ3n) is 10.1. The molecule has 6 nitrogen and oxygen atoms in total. The number of para-hydroxylation sites is 2. The molecule has 6 heteroatoms. The normalized spacial score (nSPS) is 11.2. The number of pyridine rings is 1. The maximum atomic E-state index is 4.90. The second-order valence-corrected chi connectivity index (χ2v) is 13.6. The number of fused-ring (bicyclic) bond motifs is 3. The van der Waals surface area contributed by atoms with Gasteiger partial charge in [-0.05, 0) is 77.9 Å². The van der Waals surface area contributed by atoms with Gasteiger partial charge in [0.15, 0.2) is 17.5 Å². The summed E-state index contributed by atoms with van der Waals surface area (Å²) in [6, 6.07) is 69.1. The van der Waals surface area contributed by atoms with Gasteiger partial charge in [-0.15, -0.1) is 0 Å². The second kappa shape index (κ2) is 14.3. The molecular weight excluding hydrogens is 685 g/mol. The number of aromatic nitrogens is 5. The fourth-order valence-electron chi connectivity index (χ4n) is 7.39. The van der Waals surface area contributed by atoms with E-state index in [0.29, 0.717) is 17.5 Å². The molecule has 10 rings (SSSR count). The van der Waals surface area contributed by atoms with Gasteiger partial charge in [0.05, 0.1) is 5.52 Å². The Balaban J connectivity index is 0.993. The van der Waals surface area contributed by atoms with Crippen molar-refractivity contribution in [3.8, 4) is 51.0 Å². The van der Waals surface area contributed by atoms with E-state index in [2.05, 4.69) is 143 Å². The van der Waals surface area contributed by atoms with E-state index in [9.17, 15) is 0 Å². The fourth-order valence-corrected chi connectivity index (χ4v) is 7.39. The highest BCUT2D eigenvalue weighted by molar-refractivity contribution is 6.09. The van der Waals surface area contributed by atoms with E-state index in [-0.39, 0.29) is 0 Å².